The average Bonchev–Trinajstić information content (AvgIpc) is 3.04. The molecule has 0 radical (unpaired) electrons. The number of fused-ring (bicyclic) bond motifs is 2. The first-order valence-corrected chi connectivity index (χ1v) is 9.20. The fourth-order valence-corrected chi connectivity index (χ4v) is 3.77. The van der Waals surface area contributed by atoms with Crippen LogP contribution in [0.3, 0.4) is 0 Å². The molecule has 0 spiro atoms. The minimum absolute atomic E-state index is 0.134. The van der Waals surface area contributed by atoms with E-state index in [0.717, 1.165) is 5.69 Å². The maximum Gasteiger partial charge on any atom is 0.360 e. The number of benzene rings is 2. The van der Waals surface area contributed by atoms with Gasteiger partial charge in [0, 0.05) is 5.56 Å². The second kappa shape index (κ2) is 6.46. The Morgan fingerprint density at radius 3 is 2.59 bits per heavy atom. The number of amides is 1. The summed E-state index contributed by atoms with van der Waals surface area (Å²) in [5.74, 6) is -1.44. The van der Waals surface area contributed by atoms with Crippen LogP contribution in [0, 0.1) is 0 Å². The summed E-state index contributed by atoms with van der Waals surface area (Å²) in [6.45, 7) is 1.73. The van der Waals surface area contributed by atoms with E-state index < -0.39 is 18.2 Å². The number of para-hydroxylation sites is 1. The van der Waals surface area contributed by atoms with Crippen LogP contribution in [0.1, 0.15) is 35.6 Å². The third kappa shape index (κ3) is 2.68. The summed E-state index contributed by atoms with van der Waals surface area (Å²) in [5, 5.41) is 1.76. The molecule has 0 aromatic heterocycles. The van der Waals surface area contributed by atoms with Gasteiger partial charge in [0.2, 0.25) is 5.91 Å². The van der Waals surface area contributed by atoms with Gasteiger partial charge in [0.15, 0.2) is 5.70 Å². The van der Waals surface area contributed by atoms with E-state index in [0.29, 0.717) is 16.8 Å². The number of anilines is 1. The number of esters is 2. The number of carbonyl (C=O) groups is 3. The molecule has 1 N–H and O–H groups in total. The Hall–Kier alpha value is -3.65. The van der Waals surface area contributed by atoms with Gasteiger partial charge in [-0.3, -0.25) is 14.7 Å². The van der Waals surface area contributed by atoms with Crippen molar-refractivity contribution < 1.29 is 23.9 Å². The number of nitrogens with zero attached hydrogens (tertiary/aromatic N) is 2. The van der Waals surface area contributed by atoms with Crippen LogP contribution < -0.4 is 10.4 Å². The highest BCUT2D eigenvalue weighted by Gasteiger charge is 2.48. The molecule has 3 aliphatic rings. The number of allylic oxidation sites excluding steroid dienone is 1. The Labute approximate surface area is 166 Å². The molecule has 0 saturated carbocycles. The van der Waals surface area contributed by atoms with E-state index in [1.807, 2.05) is 30.3 Å². The molecule has 5 rings (SSSR count). The van der Waals surface area contributed by atoms with Crippen LogP contribution in [-0.2, 0) is 19.1 Å². The number of hydrogen-bond acceptors (Lipinski definition) is 7. The molecule has 2 aromatic rings. The smallest absolute Gasteiger partial charge is 0.360 e. The molecule has 2 aromatic carbocycles. The molecule has 3 heterocycles. The van der Waals surface area contributed by atoms with Gasteiger partial charge in [-0.2, -0.15) is 0 Å². The van der Waals surface area contributed by atoms with Crippen molar-refractivity contribution in [1.29, 1.82) is 0 Å². The van der Waals surface area contributed by atoms with Crippen molar-refractivity contribution in [2.75, 3.05) is 5.01 Å². The lowest BCUT2D eigenvalue weighted by molar-refractivity contribution is -0.170. The van der Waals surface area contributed by atoms with Crippen LogP contribution >= 0.6 is 0 Å². The first-order chi connectivity index (χ1) is 14.0. The van der Waals surface area contributed by atoms with E-state index in [-0.39, 0.29) is 24.2 Å². The van der Waals surface area contributed by atoms with Gasteiger partial charge >= 0.3 is 11.9 Å². The predicted molar refractivity (Wildman–Crippen MR) is 101 cm³/mol. The van der Waals surface area contributed by atoms with Crippen LogP contribution in [0.2, 0.25) is 0 Å². The van der Waals surface area contributed by atoms with Crippen LogP contribution in [-0.4, -0.2) is 28.9 Å². The van der Waals surface area contributed by atoms with E-state index in [2.05, 4.69) is 5.43 Å². The van der Waals surface area contributed by atoms with Gasteiger partial charge in [-0.1, -0.05) is 36.4 Å². The number of carbonyl (C=O) groups excluding carboxylic acids is 3. The van der Waals surface area contributed by atoms with E-state index in [1.165, 1.54) is 4.90 Å². The molecule has 1 saturated heterocycles. The zero-order chi connectivity index (χ0) is 20.1. The van der Waals surface area contributed by atoms with E-state index in [9.17, 15) is 14.4 Å². The Morgan fingerprint density at radius 2 is 1.83 bits per heavy atom. The Bertz CT molecular complexity index is 1060. The van der Waals surface area contributed by atoms with E-state index in [4.69, 9.17) is 9.47 Å². The summed E-state index contributed by atoms with van der Waals surface area (Å²) in [6, 6.07) is 16.2. The van der Waals surface area contributed by atoms with Crippen molar-refractivity contribution >= 4 is 23.5 Å². The van der Waals surface area contributed by atoms with Crippen molar-refractivity contribution in [2.24, 2.45) is 0 Å². The van der Waals surface area contributed by atoms with Crippen LogP contribution in [0.4, 0.5) is 5.69 Å². The summed E-state index contributed by atoms with van der Waals surface area (Å²) in [6.07, 6.45) is -1.21. The van der Waals surface area contributed by atoms with Crippen molar-refractivity contribution in [2.45, 2.75) is 25.8 Å². The summed E-state index contributed by atoms with van der Waals surface area (Å²) < 4.78 is 10.7. The van der Waals surface area contributed by atoms with Crippen molar-refractivity contribution in [3.8, 4) is 0 Å². The highest BCUT2D eigenvalue weighted by atomic mass is 16.7. The lowest BCUT2D eigenvalue weighted by atomic mass is 10.0. The predicted octanol–water partition coefficient (Wildman–Crippen LogP) is 2.21. The van der Waals surface area contributed by atoms with Crippen molar-refractivity contribution in [3.63, 3.8) is 0 Å². The molecule has 8 heteroatoms. The molecule has 29 heavy (non-hydrogen) atoms. The maximum atomic E-state index is 13.1. The Kier molecular flexibility index (Phi) is 3.88. The first-order valence-electron chi connectivity index (χ1n) is 9.20. The fourth-order valence-electron chi connectivity index (χ4n) is 3.77. The minimum Gasteiger partial charge on any atom is -0.417 e. The van der Waals surface area contributed by atoms with Crippen molar-refractivity contribution in [3.05, 3.63) is 77.1 Å². The molecule has 146 valence electrons. The summed E-state index contributed by atoms with van der Waals surface area (Å²) in [7, 11) is 0. The largest absolute Gasteiger partial charge is 0.417 e. The second-order valence-corrected chi connectivity index (χ2v) is 6.95. The number of cyclic esters (lactones) is 1. The van der Waals surface area contributed by atoms with E-state index in [1.54, 1.807) is 36.2 Å². The number of rotatable bonds is 3. The fraction of sp³-hybridized carbons (Fsp3) is 0.190. The van der Waals surface area contributed by atoms with Gasteiger partial charge in [0.25, 0.3) is 6.29 Å². The van der Waals surface area contributed by atoms with E-state index >= 15 is 0 Å². The maximum absolute atomic E-state index is 13.1. The quantitative estimate of drug-likeness (QED) is 0.634. The monoisotopic (exact) mass is 391 g/mol. The topological polar surface area (TPSA) is 88.2 Å². The third-order valence-electron chi connectivity index (χ3n) is 5.22. The number of hydrogen-bond donors (Lipinski definition) is 1. The average molecular weight is 391 g/mol. The van der Waals surface area contributed by atoms with Crippen molar-refractivity contribution in [1.82, 2.24) is 10.3 Å². The lowest BCUT2D eigenvalue weighted by Crippen LogP contribution is -2.67. The number of ether oxygens (including phenoxy) is 2. The summed E-state index contributed by atoms with van der Waals surface area (Å²) in [5.41, 5.74) is 5.57. The number of nitrogens with one attached hydrogen (secondary N) is 1. The molecule has 2 atom stereocenters. The van der Waals surface area contributed by atoms with Gasteiger partial charge in [0.1, 0.15) is 6.17 Å². The number of hydrazine groups is 1. The SMILES string of the molecule is CC1=C(C(=O)OC2OC(=O)c3ccccc32)N2C(=O)CC2NN1c1ccccc1. The first kappa shape index (κ1) is 17.4. The van der Waals surface area contributed by atoms with Gasteiger partial charge in [0.05, 0.1) is 23.4 Å². The Morgan fingerprint density at radius 1 is 1.10 bits per heavy atom. The summed E-state index contributed by atoms with van der Waals surface area (Å²) >= 11 is 0. The molecule has 2 unspecified atom stereocenters. The van der Waals surface area contributed by atoms with Gasteiger partial charge in [-0.05, 0) is 25.1 Å². The molecule has 0 aliphatic carbocycles. The lowest BCUT2D eigenvalue weighted by Gasteiger charge is -2.49. The number of β-lactam (4-membered cyclic amide) rings is 1. The highest BCUT2D eigenvalue weighted by molar-refractivity contribution is 5.99. The molecular weight excluding hydrogens is 374 g/mol. The molecule has 0 bridgehead atoms. The van der Waals surface area contributed by atoms with Crippen LogP contribution in [0.25, 0.3) is 0 Å². The molecular formula is C21H17N3O5. The molecule has 3 aliphatic heterocycles. The minimum atomic E-state index is -1.14. The zero-order valence-electron chi connectivity index (χ0n) is 15.5. The van der Waals surface area contributed by atoms with Crippen LogP contribution in [0.15, 0.2) is 66.0 Å². The van der Waals surface area contributed by atoms with Gasteiger partial charge in [-0.25, -0.2) is 15.0 Å². The standard InChI is InChI=1S/C21H17N3O5/c1-12-18(20(27)29-21-15-10-6-5-9-14(15)19(26)28-21)23-16(11-17(23)25)22-24(12)13-7-3-2-4-8-13/h2-10,16,21-22H,11H2,1H3. The second-order valence-electron chi connectivity index (χ2n) is 6.95. The zero-order valence-corrected chi connectivity index (χ0v) is 15.5. The molecule has 1 fully saturated rings. The normalized spacial score (nSPS) is 22.7. The van der Waals surface area contributed by atoms with Gasteiger partial charge in [-0.15, -0.1) is 0 Å². The molecule has 8 nitrogen and oxygen atoms in total. The molecule has 1 amide bonds. The summed E-state index contributed by atoms with van der Waals surface area (Å²) in [4.78, 5) is 38.7. The van der Waals surface area contributed by atoms with Crippen LogP contribution in [0.5, 0.6) is 0 Å². The Balaban J connectivity index is 1.48. The third-order valence-corrected chi connectivity index (χ3v) is 5.22. The highest BCUT2D eigenvalue weighted by Crippen LogP contribution is 2.36. The van der Waals surface area contributed by atoms with Gasteiger partial charge < -0.3 is 9.47 Å².